The number of aliphatic hydroxyl groups is 2. The van der Waals surface area contributed by atoms with Crippen LogP contribution in [-0.4, -0.2) is 46.2 Å². The zero-order valence-corrected chi connectivity index (χ0v) is 8.08. The first kappa shape index (κ1) is 10.5. The van der Waals surface area contributed by atoms with Crippen LogP contribution in [0.1, 0.15) is 26.2 Å². The Bertz CT molecular complexity index is 196. The van der Waals surface area contributed by atoms with Crippen molar-refractivity contribution in [3.05, 3.63) is 0 Å². The molecule has 0 aliphatic carbocycles. The zero-order valence-electron chi connectivity index (χ0n) is 8.08. The van der Waals surface area contributed by atoms with Crippen LogP contribution in [0, 0.1) is 5.41 Å². The molecule has 1 saturated heterocycles. The minimum atomic E-state index is -0.986. The first-order valence-electron chi connectivity index (χ1n) is 4.77. The number of nitrogens with zero attached hydrogens (tertiary/aromatic N) is 1. The highest BCUT2D eigenvalue weighted by Crippen LogP contribution is 2.20. The fourth-order valence-electron chi connectivity index (χ4n) is 1.70. The van der Waals surface area contributed by atoms with Crippen LogP contribution in [0.3, 0.4) is 0 Å². The number of nitrogens with one attached hydrogen (secondary N) is 1. The van der Waals surface area contributed by atoms with Gasteiger partial charge < -0.3 is 15.1 Å². The Labute approximate surface area is 78.7 Å². The lowest BCUT2D eigenvalue weighted by Crippen LogP contribution is -2.52. The quantitative estimate of drug-likeness (QED) is 0.426. The van der Waals surface area contributed by atoms with Gasteiger partial charge in [-0.1, -0.05) is 6.92 Å². The van der Waals surface area contributed by atoms with Crippen molar-refractivity contribution < 1.29 is 10.2 Å². The molecule has 1 fully saturated rings. The number of β-amino-alcohol motifs (C(OH)–C–C–N with tert-alkyl or cyclic N) is 1. The summed E-state index contributed by atoms with van der Waals surface area (Å²) in [6.07, 6.45) is 2.16. The fraction of sp³-hybridized carbons (Fsp3) is 0.889. The molecule has 3 N–H and O–H groups in total. The average molecular weight is 186 g/mol. The molecule has 0 aromatic carbocycles. The number of hydrogen-bond acceptors (Lipinski definition) is 3. The summed E-state index contributed by atoms with van der Waals surface area (Å²) in [5.74, 6) is 0.548. The van der Waals surface area contributed by atoms with Crippen molar-refractivity contribution >= 4 is 5.84 Å². The molecule has 0 radical (unpaired) electrons. The Balaban J connectivity index is 2.56. The van der Waals surface area contributed by atoms with Crippen molar-refractivity contribution in [2.24, 2.45) is 0 Å². The summed E-state index contributed by atoms with van der Waals surface area (Å²) in [5.41, 5.74) is -0.986. The van der Waals surface area contributed by atoms with Crippen LogP contribution in [0.4, 0.5) is 0 Å². The summed E-state index contributed by atoms with van der Waals surface area (Å²) in [5, 5.41) is 26.4. The van der Waals surface area contributed by atoms with Gasteiger partial charge in [0.1, 0.15) is 5.60 Å². The van der Waals surface area contributed by atoms with E-state index in [-0.39, 0.29) is 6.61 Å². The van der Waals surface area contributed by atoms with Crippen LogP contribution in [0.25, 0.3) is 0 Å². The number of amidine groups is 1. The molecule has 1 aliphatic heterocycles. The second kappa shape index (κ2) is 4.07. The van der Waals surface area contributed by atoms with Crippen LogP contribution in [0.5, 0.6) is 0 Å². The minimum Gasteiger partial charge on any atom is -0.393 e. The van der Waals surface area contributed by atoms with Gasteiger partial charge in [0.25, 0.3) is 0 Å². The van der Waals surface area contributed by atoms with E-state index in [4.69, 9.17) is 10.5 Å². The highest BCUT2D eigenvalue weighted by Gasteiger charge is 2.32. The van der Waals surface area contributed by atoms with Crippen LogP contribution in [0.2, 0.25) is 0 Å². The highest BCUT2D eigenvalue weighted by molar-refractivity contribution is 5.78. The molecular weight excluding hydrogens is 168 g/mol. The zero-order chi connectivity index (χ0) is 9.90. The van der Waals surface area contributed by atoms with Crippen molar-refractivity contribution in [3.63, 3.8) is 0 Å². The predicted octanol–water partition coefficient (Wildman–Crippen LogP) is 0.193. The number of rotatable bonds is 2. The average Bonchev–Trinajstić information content (AvgIpc) is 2.17. The van der Waals surface area contributed by atoms with Crippen molar-refractivity contribution in [2.45, 2.75) is 31.8 Å². The maximum Gasteiger partial charge on any atom is 0.105 e. The van der Waals surface area contributed by atoms with Crippen molar-refractivity contribution in [3.8, 4) is 0 Å². The third kappa shape index (κ3) is 2.42. The molecule has 0 saturated carbocycles. The molecule has 1 heterocycles. The van der Waals surface area contributed by atoms with E-state index in [9.17, 15) is 5.11 Å². The molecule has 0 aromatic rings. The molecule has 1 aliphatic rings. The van der Waals surface area contributed by atoms with E-state index in [1.54, 1.807) is 0 Å². The summed E-state index contributed by atoms with van der Waals surface area (Å²) in [6, 6.07) is 0. The van der Waals surface area contributed by atoms with E-state index >= 15 is 0 Å². The first-order valence-corrected chi connectivity index (χ1v) is 4.77. The van der Waals surface area contributed by atoms with Crippen LogP contribution >= 0.6 is 0 Å². The van der Waals surface area contributed by atoms with Gasteiger partial charge in [-0.2, -0.15) is 0 Å². The maximum atomic E-state index is 9.81. The van der Waals surface area contributed by atoms with Gasteiger partial charge in [0.15, 0.2) is 0 Å². The van der Waals surface area contributed by atoms with E-state index < -0.39 is 5.60 Å². The first-order chi connectivity index (χ1) is 6.11. The normalized spacial score (nSPS) is 29.0. The number of piperidine rings is 1. The summed E-state index contributed by atoms with van der Waals surface area (Å²) < 4.78 is 0. The molecule has 0 amide bonds. The molecule has 1 unspecified atom stereocenters. The summed E-state index contributed by atoms with van der Waals surface area (Å²) in [6.45, 7) is 2.95. The van der Waals surface area contributed by atoms with Crippen molar-refractivity contribution in [1.29, 1.82) is 5.41 Å². The maximum absolute atomic E-state index is 9.81. The van der Waals surface area contributed by atoms with Gasteiger partial charge in [-0.3, -0.25) is 5.41 Å². The predicted molar refractivity (Wildman–Crippen MR) is 50.9 cm³/mol. The van der Waals surface area contributed by atoms with Gasteiger partial charge in [0.05, 0.1) is 19.0 Å². The molecular formula is C9H18N2O2. The monoisotopic (exact) mass is 186 g/mol. The van der Waals surface area contributed by atoms with Gasteiger partial charge in [-0.05, 0) is 12.8 Å². The summed E-state index contributed by atoms with van der Waals surface area (Å²) in [7, 11) is 0. The second-order valence-electron chi connectivity index (χ2n) is 3.71. The Morgan fingerprint density at radius 1 is 1.62 bits per heavy atom. The topological polar surface area (TPSA) is 67.6 Å². The van der Waals surface area contributed by atoms with E-state index in [2.05, 4.69) is 0 Å². The lowest BCUT2D eigenvalue weighted by atomic mass is 9.93. The minimum absolute atomic E-state index is 0.208. The highest BCUT2D eigenvalue weighted by atomic mass is 16.3. The van der Waals surface area contributed by atoms with Crippen molar-refractivity contribution in [2.75, 3.05) is 19.7 Å². The summed E-state index contributed by atoms with van der Waals surface area (Å²) >= 11 is 0. The molecule has 1 atom stereocenters. The van der Waals surface area contributed by atoms with E-state index in [1.807, 2.05) is 11.8 Å². The SMILES string of the molecule is CCC(=N)N1CCCC(O)(CO)C1. The fourth-order valence-corrected chi connectivity index (χ4v) is 1.70. The van der Waals surface area contributed by atoms with Crippen LogP contribution in [0.15, 0.2) is 0 Å². The Morgan fingerprint density at radius 3 is 2.85 bits per heavy atom. The standard InChI is InChI=1S/C9H18N2O2/c1-2-8(10)11-5-3-4-9(13,6-11)7-12/h10,12-13H,2-7H2,1H3. The molecule has 1 rings (SSSR count). The number of hydrogen-bond donors (Lipinski definition) is 3. The Morgan fingerprint density at radius 2 is 2.31 bits per heavy atom. The molecule has 0 spiro atoms. The molecule has 0 aromatic heterocycles. The molecule has 0 bridgehead atoms. The van der Waals surface area contributed by atoms with Gasteiger partial charge in [0, 0.05) is 13.0 Å². The van der Waals surface area contributed by atoms with Crippen LogP contribution in [-0.2, 0) is 0 Å². The third-order valence-electron chi connectivity index (χ3n) is 2.57. The number of likely N-dealkylation sites (tertiary alicyclic amines) is 1. The molecule has 13 heavy (non-hydrogen) atoms. The van der Waals surface area contributed by atoms with Crippen molar-refractivity contribution in [1.82, 2.24) is 4.90 Å². The number of aliphatic hydroxyl groups excluding tert-OH is 1. The van der Waals surface area contributed by atoms with E-state index in [0.717, 1.165) is 13.0 Å². The third-order valence-corrected chi connectivity index (χ3v) is 2.57. The molecule has 4 nitrogen and oxygen atoms in total. The largest absolute Gasteiger partial charge is 0.393 e. The van der Waals surface area contributed by atoms with Gasteiger partial charge in [-0.15, -0.1) is 0 Å². The lowest BCUT2D eigenvalue weighted by Gasteiger charge is -2.39. The van der Waals surface area contributed by atoms with Crippen LogP contribution < -0.4 is 0 Å². The van der Waals surface area contributed by atoms with Gasteiger partial charge >= 0.3 is 0 Å². The lowest BCUT2D eigenvalue weighted by molar-refractivity contribution is -0.0528. The Hall–Kier alpha value is -0.610. The van der Waals surface area contributed by atoms with E-state index in [1.165, 1.54) is 0 Å². The van der Waals surface area contributed by atoms with E-state index in [0.29, 0.717) is 25.2 Å². The molecule has 76 valence electrons. The summed E-state index contributed by atoms with van der Waals surface area (Å²) in [4.78, 5) is 1.85. The van der Waals surface area contributed by atoms with Gasteiger partial charge in [0.2, 0.25) is 0 Å². The molecule has 4 heteroatoms. The second-order valence-corrected chi connectivity index (χ2v) is 3.71. The smallest absolute Gasteiger partial charge is 0.105 e. The Kier molecular flexibility index (Phi) is 3.27. The van der Waals surface area contributed by atoms with Gasteiger partial charge in [-0.25, -0.2) is 0 Å².